The molecule has 2 N–H and O–H groups in total. The molecule has 19 heavy (non-hydrogen) atoms. The lowest BCUT2D eigenvalue weighted by atomic mass is 10.3. The van der Waals surface area contributed by atoms with Crippen LogP contribution in [0.1, 0.15) is 0 Å². The third-order valence-electron chi connectivity index (χ3n) is 2.73. The highest BCUT2D eigenvalue weighted by Crippen LogP contribution is 2.21. The number of halogens is 1. The van der Waals surface area contributed by atoms with Gasteiger partial charge in [0.15, 0.2) is 11.6 Å². The van der Waals surface area contributed by atoms with Gasteiger partial charge in [-0.1, -0.05) is 0 Å². The normalized spacial score (nSPS) is 11.1. The van der Waals surface area contributed by atoms with Crippen LogP contribution in [0.5, 0.6) is 0 Å². The molecule has 0 aliphatic rings. The first-order chi connectivity index (χ1) is 9.08. The number of rotatable bonds is 1. The SMILES string of the molecule is Cn1cnc2c(-n3cc(Br)c(N)n3)nccc2c1=O. The van der Waals surface area contributed by atoms with Crippen molar-refractivity contribution in [2.24, 2.45) is 7.05 Å². The van der Waals surface area contributed by atoms with Gasteiger partial charge in [0.2, 0.25) is 0 Å². The molecule has 0 fully saturated rings. The Morgan fingerprint density at radius 1 is 1.37 bits per heavy atom. The van der Waals surface area contributed by atoms with Crippen molar-refractivity contribution in [2.75, 3.05) is 5.73 Å². The monoisotopic (exact) mass is 320 g/mol. The number of fused-ring (bicyclic) bond motifs is 1. The molecule has 3 heterocycles. The van der Waals surface area contributed by atoms with E-state index in [0.29, 0.717) is 27.0 Å². The molecule has 0 saturated heterocycles. The molecule has 3 rings (SSSR count). The van der Waals surface area contributed by atoms with Crippen LogP contribution >= 0.6 is 15.9 Å². The lowest BCUT2D eigenvalue weighted by molar-refractivity contribution is 0.827. The van der Waals surface area contributed by atoms with Crippen molar-refractivity contribution in [1.82, 2.24) is 24.3 Å². The van der Waals surface area contributed by atoms with E-state index in [1.54, 1.807) is 25.5 Å². The summed E-state index contributed by atoms with van der Waals surface area (Å²) >= 11 is 3.28. The number of anilines is 1. The van der Waals surface area contributed by atoms with E-state index in [2.05, 4.69) is 31.0 Å². The van der Waals surface area contributed by atoms with Crippen molar-refractivity contribution in [3.05, 3.63) is 39.6 Å². The zero-order valence-corrected chi connectivity index (χ0v) is 11.5. The molecule has 8 heteroatoms. The second kappa shape index (κ2) is 4.16. The molecule has 0 spiro atoms. The van der Waals surface area contributed by atoms with Gasteiger partial charge < -0.3 is 10.3 Å². The fourth-order valence-electron chi connectivity index (χ4n) is 1.77. The molecule has 3 aromatic rings. The van der Waals surface area contributed by atoms with Gasteiger partial charge in [0.1, 0.15) is 5.52 Å². The number of aromatic nitrogens is 5. The van der Waals surface area contributed by atoms with Crippen molar-refractivity contribution in [3.63, 3.8) is 0 Å². The molecule has 0 aliphatic carbocycles. The van der Waals surface area contributed by atoms with Crippen molar-refractivity contribution in [3.8, 4) is 5.82 Å². The summed E-state index contributed by atoms with van der Waals surface area (Å²) < 4.78 is 3.57. The Kier molecular flexibility index (Phi) is 2.59. The van der Waals surface area contributed by atoms with Crippen molar-refractivity contribution >= 4 is 32.7 Å². The minimum atomic E-state index is -0.132. The van der Waals surface area contributed by atoms with Crippen LogP contribution in [-0.2, 0) is 7.05 Å². The van der Waals surface area contributed by atoms with E-state index < -0.39 is 0 Å². The van der Waals surface area contributed by atoms with E-state index in [9.17, 15) is 4.79 Å². The van der Waals surface area contributed by atoms with E-state index in [1.165, 1.54) is 15.6 Å². The van der Waals surface area contributed by atoms with Crippen molar-refractivity contribution in [2.45, 2.75) is 0 Å². The quantitative estimate of drug-likeness (QED) is 0.718. The van der Waals surface area contributed by atoms with Crippen LogP contribution < -0.4 is 11.3 Å². The van der Waals surface area contributed by atoms with Crippen molar-refractivity contribution < 1.29 is 0 Å². The Morgan fingerprint density at radius 3 is 2.84 bits per heavy atom. The largest absolute Gasteiger partial charge is 0.381 e. The van der Waals surface area contributed by atoms with E-state index >= 15 is 0 Å². The summed E-state index contributed by atoms with van der Waals surface area (Å²) in [5.41, 5.74) is 6.04. The zero-order chi connectivity index (χ0) is 13.6. The number of pyridine rings is 1. The van der Waals surface area contributed by atoms with Crippen molar-refractivity contribution in [1.29, 1.82) is 0 Å². The molecule has 0 atom stereocenters. The van der Waals surface area contributed by atoms with Gasteiger partial charge in [0, 0.05) is 19.4 Å². The fraction of sp³-hybridized carbons (Fsp3) is 0.0909. The first-order valence-electron chi connectivity index (χ1n) is 5.39. The molecule has 0 bridgehead atoms. The topological polar surface area (TPSA) is 91.6 Å². The van der Waals surface area contributed by atoms with Gasteiger partial charge in [0.25, 0.3) is 5.56 Å². The Hall–Kier alpha value is -2.22. The molecule has 0 radical (unpaired) electrons. The third kappa shape index (κ3) is 1.80. The van der Waals surface area contributed by atoms with Gasteiger partial charge in [-0.05, 0) is 22.0 Å². The van der Waals surface area contributed by atoms with Crippen LogP contribution in [-0.4, -0.2) is 24.3 Å². The van der Waals surface area contributed by atoms with Gasteiger partial charge in [-0.25, -0.2) is 14.6 Å². The number of hydrogen-bond donors (Lipinski definition) is 1. The number of nitrogens with two attached hydrogens (primary N) is 1. The average molecular weight is 321 g/mol. The predicted octanol–water partition coefficient (Wildman–Crippen LogP) is 0.859. The second-order valence-corrected chi connectivity index (χ2v) is 4.85. The van der Waals surface area contributed by atoms with Gasteiger partial charge in [-0.15, -0.1) is 5.10 Å². The van der Waals surface area contributed by atoms with Crippen LogP contribution in [0.4, 0.5) is 5.82 Å². The van der Waals surface area contributed by atoms with Crippen LogP contribution in [0.2, 0.25) is 0 Å². The molecule has 96 valence electrons. The van der Waals surface area contributed by atoms with E-state index in [1.807, 2.05) is 0 Å². The second-order valence-electron chi connectivity index (χ2n) is 4.00. The summed E-state index contributed by atoms with van der Waals surface area (Å²) in [4.78, 5) is 20.5. The average Bonchev–Trinajstić information content (AvgIpc) is 2.73. The highest BCUT2D eigenvalue weighted by molar-refractivity contribution is 9.10. The number of hydrogen-bond acceptors (Lipinski definition) is 5. The standard InChI is InChI=1S/C11H9BrN6O/c1-17-5-15-8-6(11(17)19)2-3-14-10(8)18-4-7(12)9(13)16-18/h2-5H,1H3,(H2,13,16). The molecule has 0 unspecified atom stereocenters. The fourth-order valence-corrected chi connectivity index (χ4v) is 2.05. The summed E-state index contributed by atoms with van der Waals surface area (Å²) in [5, 5.41) is 4.61. The molecule has 0 amide bonds. The lowest BCUT2D eigenvalue weighted by Crippen LogP contribution is -2.18. The minimum Gasteiger partial charge on any atom is -0.381 e. The molecule has 3 aromatic heterocycles. The minimum absolute atomic E-state index is 0.132. The smallest absolute Gasteiger partial charge is 0.261 e. The van der Waals surface area contributed by atoms with Crippen LogP contribution in [0.3, 0.4) is 0 Å². The summed E-state index contributed by atoms with van der Waals surface area (Å²) in [6.07, 6.45) is 4.68. The molecule has 0 aliphatic heterocycles. The number of nitrogens with zero attached hydrogens (tertiary/aromatic N) is 5. The Morgan fingerprint density at radius 2 is 2.16 bits per heavy atom. The van der Waals surface area contributed by atoms with Gasteiger partial charge in [-0.3, -0.25) is 4.79 Å². The van der Waals surface area contributed by atoms with Gasteiger partial charge in [0.05, 0.1) is 16.2 Å². The van der Waals surface area contributed by atoms with E-state index in [-0.39, 0.29) is 5.56 Å². The number of aryl methyl sites for hydroxylation is 1. The first kappa shape index (κ1) is 11.8. The summed E-state index contributed by atoms with van der Waals surface area (Å²) in [6.45, 7) is 0. The zero-order valence-electron chi connectivity index (χ0n) is 9.91. The Bertz CT molecular complexity index is 817. The molecule has 7 nitrogen and oxygen atoms in total. The third-order valence-corrected chi connectivity index (χ3v) is 3.34. The highest BCUT2D eigenvalue weighted by atomic mass is 79.9. The van der Waals surface area contributed by atoms with Crippen LogP contribution in [0.15, 0.2) is 34.1 Å². The van der Waals surface area contributed by atoms with Crippen LogP contribution in [0, 0.1) is 0 Å². The van der Waals surface area contributed by atoms with E-state index in [0.717, 1.165) is 0 Å². The Balaban J connectivity index is 2.36. The highest BCUT2D eigenvalue weighted by Gasteiger charge is 2.12. The lowest BCUT2D eigenvalue weighted by Gasteiger charge is -2.05. The maximum absolute atomic E-state index is 12.0. The first-order valence-corrected chi connectivity index (χ1v) is 6.18. The summed E-state index contributed by atoms with van der Waals surface area (Å²) in [5.74, 6) is 0.815. The summed E-state index contributed by atoms with van der Waals surface area (Å²) in [7, 11) is 1.65. The number of nitrogen functional groups attached to an aromatic ring is 1. The van der Waals surface area contributed by atoms with E-state index in [4.69, 9.17) is 5.73 Å². The van der Waals surface area contributed by atoms with Gasteiger partial charge >= 0.3 is 0 Å². The van der Waals surface area contributed by atoms with Crippen LogP contribution in [0.25, 0.3) is 16.7 Å². The molecular weight excluding hydrogens is 312 g/mol. The maximum Gasteiger partial charge on any atom is 0.261 e. The van der Waals surface area contributed by atoms with Gasteiger partial charge in [-0.2, -0.15) is 0 Å². The molecular formula is C11H9BrN6O. The molecule has 0 aromatic carbocycles. The predicted molar refractivity (Wildman–Crippen MR) is 74.0 cm³/mol. The molecule has 0 saturated carbocycles. The maximum atomic E-state index is 12.0. The summed E-state index contributed by atoms with van der Waals surface area (Å²) in [6, 6.07) is 1.63. The Labute approximate surface area is 115 Å².